The number of ether oxygens (including phenoxy) is 1. The average Bonchev–Trinajstić information content (AvgIpc) is 2.69. The van der Waals surface area contributed by atoms with E-state index in [1.807, 2.05) is 0 Å². The van der Waals surface area contributed by atoms with E-state index in [2.05, 4.69) is 5.32 Å². The fourth-order valence-corrected chi connectivity index (χ4v) is 4.43. The first kappa shape index (κ1) is 22.9. The van der Waals surface area contributed by atoms with E-state index in [0.717, 1.165) is 0 Å². The van der Waals surface area contributed by atoms with E-state index in [1.165, 1.54) is 35.7 Å². The highest BCUT2D eigenvalue weighted by molar-refractivity contribution is 7.89. The Morgan fingerprint density at radius 1 is 1.10 bits per heavy atom. The maximum atomic E-state index is 12.8. The second kappa shape index (κ2) is 9.39. The Balaban J connectivity index is 2.41. The second-order valence-electron chi connectivity index (χ2n) is 6.21. The van der Waals surface area contributed by atoms with Gasteiger partial charge in [-0.15, -0.1) is 0 Å². The minimum Gasteiger partial charge on any atom is -0.465 e. The minimum atomic E-state index is -3.74. The van der Waals surface area contributed by atoms with E-state index in [4.69, 9.17) is 16.3 Å². The summed E-state index contributed by atoms with van der Waals surface area (Å²) in [5.74, 6) is -1.12. The molecule has 0 saturated heterocycles. The summed E-state index contributed by atoms with van der Waals surface area (Å²) in [4.78, 5) is 24.5. The lowest BCUT2D eigenvalue weighted by Crippen LogP contribution is -2.30. The Morgan fingerprint density at radius 2 is 1.76 bits per heavy atom. The first-order valence-electron chi connectivity index (χ1n) is 8.95. The van der Waals surface area contributed by atoms with Crippen LogP contribution in [0.25, 0.3) is 0 Å². The molecule has 0 fully saturated rings. The average molecular weight is 439 g/mol. The number of rotatable bonds is 7. The molecule has 29 heavy (non-hydrogen) atoms. The van der Waals surface area contributed by atoms with Crippen molar-refractivity contribution in [2.24, 2.45) is 0 Å². The Bertz CT molecular complexity index is 1030. The number of benzene rings is 2. The number of hydrogen-bond donors (Lipinski definition) is 1. The molecule has 1 amide bonds. The molecule has 0 spiro atoms. The van der Waals surface area contributed by atoms with Gasteiger partial charge in [-0.2, -0.15) is 4.31 Å². The normalized spacial score (nSPS) is 11.4. The van der Waals surface area contributed by atoms with Crippen LogP contribution in [0.2, 0.25) is 5.02 Å². The highest BCUT2D eigenvalue weighted by Gasteiger charge is 2.24. The zero-order chi connectivity index (χ0) is 21.8. The van der Waals surface area contributed by atoms with Crippen LogP contribution in [-0.2, 0) is 14.8 Å². The molecular weight excluding hydrogens is 416 g/mol. The number of halogens is 1. The van der Waals surface area contributed by atoms with E-state index < -0.39 is 21.9 Å². The summed E-state index contributed by atoms with van der Waals surface area (Å²) in [5, 5.41) is 2.80. The van der Waals surface area contributed by atoms with Crippen LogP contribution in [0.5, 0.6) is 0 Å². The van der Waals surface area contributed by atoms with Crippen molar-refractivity contribution in [3.8, 4) is 0 Å². The summed E-state index contributed by atoms with van der Waals surface area (Å²) < 4.78 is 31.5. The van der Waals surface area contributed by atoms with Gasteiger partial charge in [0.15, 0.2) is 0 Å². The van der Waals surface area contributed by atoms with Crippen molar-refractivity contribution in [2.45, 2.75) is 25.7 Å². The van der Waals surface area contributed by atoms with Gasteiger partial charge in [0.2, 0.25) is 10.0 Å². The number of sulfonamides is 1. The predicted molar refractivity (Wildman–Crippen MR) is 112 cm³/mol. The third-order valence-electron chi connectivity index (χ3n) is 4.43. The molecule has 2 aromatic carbocycles. The topological polar surface area (TPSA) is 92.8 Å². The number of aryl methyl sites for hydroxylation is 1. The van der Waals surface area contributed by atoms with Gasteiger partial charge < -0.3 is 10.1 Å². The van der Waals surface area contributed by atoms with E-state index in [0.29, 0.717) is 24.3 Å². The smallest absolute Gasteiger partial charge is 0.337 e. The third kappa shape index (κ3) is 4.95. The van der Waals surface area contributed by atoms with Crippen LogP contribution in [0.15, 0.2) is 41.3 Å². The molecule has 7 nitrogen and oxygen atoms in total. The molecule has 156 valence electrons. The Kier molecular flexibility index (Phi) is 7.40. The van der Waals surface area contributed by atoms with Crippen molar-refractivity contribution in [1.29, 1.82) is 0 Å². The van der Waals surface area contributed by atoms with Crippen LogP contribution in [0, 0.1) is 6.92 Å². The molecule has 0 atom stereocenters. The fraction of sp³-hybridized carbons (Fsp3) is 0.300. The van der Waals surface area contributed by atoms with Gasteiger partial charge in [0, 0.05) is 18.8 Å². The summed E-state index contributed by atoms with van der Waals surface area (Å²) in [6.07, 6.45) is 0. The standard InChI is InChI=1S/C20H23ClN2O5S/c1-5-23(6-2)29(26,27)15-9-10-17(21)16(12-15)19(24)22-18-11-14(20(25)28-4)8-7-13(18)3/h7-12H,5-6H2,1-4H3,(H,22,24). The lowest BCUT2D eigenvalue weighted by atomic mass is 10.1. The number of nitrogens with one attached hydrogen (secondary N) is 1. The molecule has 0 saturated carbocycles. The molecule has 0 aromatic heterocycles. The molecule has 1 N–H and O–H groups in total. The summed E-state index contributed by atoms with van der Waals surface area (Å²) in [6.45, 7) is 5.86. The van der Waals surface area contributed by atoms with Crippen molar-refractivity contribution in [2.75, 3.05) is 25.5 Å². The van der Waals surface area contributed by atoms with Crippen LogP contribution < -0.4 is 5.32 Å². The molecule has 9 heteroatoms. The Morgan fingerprint density at radius 3 is 2.34 bits per heavy atom. The van der Waals surface area contributed by atoms with Crippen molar-refractivity contribution >= 4 is 39.2 Å². The molecule has 0 aliphatic carbocycles. The molecule has 0 heterocycles. The number of esters is 1. The quantitative estimate of drug-likeness (QED) is 0.665. The summed E-state index contributed by atoms with van der Waals surface area (Å²) in [5.41, 5.74) is 1.40. The van der Waals surface area contributed by atoms with Crippen molar-refractivity contribution in [3.05, 3.63) is 58.1 Å². The molecule has 0 unspecified atom stereocenters. The first-order chi connectivity index (χ1) is 13.6. The van der Waals surface area contributed by atoms with E-state index >= 15 is 0 Å². The lowest BCUT2D eigenvalue weighted by molar-refractivity contribution is 0.0600. The number of carbonyl (C=O) groups excluding carboxylic acids is 2. The number of nitrogens with zero attached hydrogens (tertiary/aromatic N) is 1. The molecule has 0 aliphatic heterocycles. The molecule has 2 rings (SSSR count). The van der Waals surface area contributed by atoms with Gasteiger partial charge in [0.25, 0.3) is 5.91 Å². The van der Waals surface area contributed by atoms with Gasteiger partial charge in [0.1, 0.15) is 0 Å². The van der Waals surface area contributed by atoms with Gasteiger partial charge in [-0.1, -0.05) is 31.5 Å². The van der Waals surface area contributed by atoms with Crippen molar-refractivity contribution < 1.29 is 22.7 Å². The molecule has 0 aliphatic rings. The van der Waals surface area contributed by atoms with E-state index in [1.54, 1.807) is 32.9 Å². The van der Waals surface area contributed by atoms with Crippen LogP contribution in [-0.4, -0.2) is 44.8 Å². The zero-order valence-electron chi connectivity index (χ0n) is 16.7. The Labute approximate surface area is 175 Å². The summed E-state index contributed by atoms with van der Waals surface area (Å²) >= 11 is 6.16. The monoisotopic (exact) mass is 438 g/mol. The Hall–Kier alpha value is -2.42. The number of carbonyl (C=O) groups is 2. The summed E-state index contributed by atoms with van der Waals surface area (Å²) in [7, 11) is -2.48. The van der Waals surface area contributed by atoms with Crippen LogP contribution >= 0.6 is 11.6 Å². The second-order valence-corrected chi connectivity index (χ2v) is 8.55. The highest BCUT2D eigenvalue weighted by atomic mass is 35.5. The van der Waals surface area contributed by atoms with E-state index in [-0.39, 0.29) is 21.0 Å². The largest absolute Gasteiger partial charge is 0.465 e. The molecule has 0 bridgehead atoms. The molecular formula is C20H23ClN2O5S. The molecule has 2 aromatic rings. The van der Waals surface area contributed by atoms with Gasteiger partial charge in [-0.3, -0.25) is 4.79 Å². The van der Waals surface area contributed by atoms with Gasteiger partial charge in [-0.25, -0.2) is 13.2 Å². The first-order valence-corrected chi connectivity index (χ1v) is 10.8. The van der Waals surface area contributed by atoms with Crippen molar-refractivity contribution in [1.82, 2.24) is 4.31 Å². The third-order valence-corrected chi connectivity index (χ3v) is 6.81. The van der Waals surface area contributed by atoms with Crippen LogP contribution in [0.4, 0.5) is 5.69 Å². The molecule has 0 radical (unpaired) electrons. The highest BCUT2D eigenvalue weighted by Crippen LogP contribution is 2.25. The number of hydrogen-bond acceptors (Lipinski definition) is 5. The van der Waals surface area contributed by atoms with Gasteiger partial charge in [-0.05, 0) is 42.8 Å². The minimum absolute atomic E-state index is 0.0165. The number of amides is 1. The SMILES string of the molecule is CCN(CC)S(=O)(=O)c1ccc(Cl)c(C(=O)Nc2cc(C(=O)OC)ccc2C)c1. The number of methoxy groups -OCH3 is 1. The van der Waals surface area contributed by atoms with E-state index in [9.17, 15) is 18.0 Å². The summed E-state index contributed by atoms with van der Waals surface area (Å²) in [6, 6.07) is 8.75. The zero-order valence-corrected chi connectivity index (χ0v) is 18.2. The fourth-order valence-electron chi connectivity index (χ4n) is 2.74. The number of anilines is 1. The maximum Gasteiger partial charge on any atom is 0.337 e. The maximum absolute atomic E-state index is 12.8. The van der Waals surface area contributed by atoms with Crippen molar-refractivity contribution in [3.63, 3.8) is 0 Å². The van der Waals surface area contributed by atoms with Gasteiger partial charge >= 0.3 is 5.97 Å². The lowest BCUT2D eigenvalue weighted by Gasteiger charge is -2.19. The predicted octanol–water partition coefficient (Wildman–Crippen LogP) is 3.72. The van der Waals surface area contributed by atoms with Crippen LogP contribution in [0.1, 0.15) is 40.1 Å². The van der Waals surface area contributed by atoms with Crippen LogP contribution in [0.3, 0.4) is 0 Å². The van der Waals surface area contributed by atoms with Gasteiger partial charge in [0.05, 0.1) is 28.2 Å².